The Kier molecular flexibility index (Phi) is 4.95. The fraction of sp³-hybridized carbons (Fsp3) is 0.538. The highest BCUT2D eigenvalue weighted by atomic mass is 35.5. The van der Waals surface area contributed by atoms with Gasteiger partial charge in [0.2, 0.25) is 11.2 Å². The van der Waals surface area contributed by atoms with Gasteiger partial charge in [-0.25, -0.2) is 4.98 Å². The molecule has 0 saturated carbocycles. The van der Waals surface area contributed by atoms with Crippen LogP contribution in [-0.2, 0) is 16.1 Å². The fourth-order valence-corrected chi connectivity index (χ4v) is 1.95. The molecule has 0 aliphatic carbocycles. The lowest BCUT2D eigenvalue weighted by Gasteiger charge is -2.08. The lowest BCUT2D eigenvalue weighted by molar-refractivity contribution is -0.145. The molecule has 0 N–H and O–H groups in total. The molecular weight excluding hydrogens is 296 g/mol. The second kappa shape index (κ2) is 6.71. The van der Waals surface area contributed by atoms with Gasteiger partial charge < -0.3 is 9.47 Å². The number of fused-ring (bicyclic) bond motifs is 1. The third kappa shape index (κ3) is 3.81. The molecule has 0 atom stereocenters. The molecule has 0 fully saturated rings. The molecule has 0 unspecified atom stereocenters. The minimum atomic E-state index is -0.263. The second-order valence-corrected chi connectivity index (χ2v) is 5.27. The van der Waals surface area contributed by atoms with Crippen molar-refractivity contribution in [3.8, 4) is 5.88 Å². The van der Waals surface area contributed by atoms with Gasteiger partial charge in [-0.1, -0.05) is 13.8 Å². The van der Waals surface area contributed by atoms with Crippen LogP contribution in [0, 0.1) is 5.92 Å². The molecule has 0 aliphatic rings. The first-order chi connectivity index (χ1) is 10.0. The molecule has 0 bridgehead atoms. The molecule has 2 rings (SSSR count). The standard InChI is InChI=1S/C13H17ClN4O3/c1-8(2)7-21-10(19)4-5-18-11-9(6-15-18)16-13(14)17-12(11)20-3/h6,8H,4-5,7H2,1-3H3. The molecule has 0 aromatic carbocycles. The summed E-state index contributed by atoms with van der Waals surface area (Å²) in [5.41, 5.74) is 1.18. The topological polar surface area (TPSA) is 79.1 Å². The van der Waals surface area contributed by atoms with Gasteiger partial charge in [0.25, 0.3) is 0 Å². The third-order valence-electron chi connectivity index (χ3n) is 2.73. The van der Waals surface area contributed by atoms with E-state index in [1.54, 1.807) is 10.9 Å². The smallest absolute Gasteiger partial charge is 0.307 e. The molecule has 2 heterocycles. The summed E-state index contributed by atoms with van der Waals surface area (Å²) in [5, 5.41) is 4.27. The normalized spacial score (nSPS) is 11.1. The number of esters is 1. The van der Waals surface area contributed by atoms with Gasteiger partial charge in [0.15, 0.2) is 0 Å². The number of hydrogen-bond donors (Lipinski definition) is 0. The Morgan fingerprint density at radius 3 is 2.86 bits per heavy atom. The maximum absolute atomic E-state index is 11.6. The van der Waals surface area contributed by atoms with E-state index in [4.69, 9.17) is 21.1 Å². The van der Waals surface area contributed by atoms with Crippen molar-refractivity contribution >= 4 is 28.6 Å². The number of nitrogens with zero attached hydrogens (tertiary/aromatic N) is 4. The summed E-state index contributed by atoms with van der Waals surface area (Å²) in [6.45, 7) is 4.75. The second-order valence-electron chi connectivity index (χ2n) is 4.93. The van der Waals surface area contributed by atoms with Gasteiger partial charge in [0, 0.05) is 0 Å². The number of aryl methyl sites for hydroxylation is 1. The van der Waals surface area contributed by atoms with Crippen LogP contribution in [0.3, 0.4) is 0 Å². The van der Waals surface area contributed by atoms with E-state index in [0.717, 1.165) is 0 Å². The molecule has 0 spiro atoms. The summed E-state index contributed by atoms with van der Waals surface area (Å²) < 4.78 is 11.9. The first kappa shape index (κ1) is 15.5. The third-order valence-corrected chi connectivity index (χ3v) is 2.90. The van der Waals surface area contributed by atoms with E-state index in [0.29, 0.717) is 36.0 Å². The van der Waals surface area contributed by atoms with Crippen LogP contribution in [-0.4, -0.2) is 39.4 Å². The van der Waals surface area contributed by atoms with E-state index in [2.05, 4.69) is 15.1 Å². The van der Waals surface area contributed by atoms with E-state index in [1.165, 1.54) is 7.11 Å². The number of ether oxygens (including phenoxy) is 2. The Labute approximate surface area is 127 Å². The number of carbonyl (C=O) groups is 1. The minimum absolute atomic E-state index is 0.0928. The molecule has 2 aromatic rings. The van der Waals surface area contributed by atoms with Crippen molar-refractivity contribution < 1.29 is 14.3 Å². The van der Waals surface area contributed by atoms with Crippen LogP contribution in [0.15, 0.2) is 6.20 Å². The summed E-state index contributed by atoms with van der Waals surface area (Å²) >= 11 is 5.80. The summed E-state index contributed by atoms with van der Waals surface area (Å²) in [7, 11) is 1.49. The predicted molar refractivity (Wildman–Crippen MR) is 77.3 cm³/mol. The summed E-state index contributed by atoms with van der Waals surface area (Å²) in [6.07, 6.45) is 1.78. The van der Waals surface area contributed by atoms with Crippen molar-refractivity contribution in [1.29, 1.82) is 0 Å². The van der Waals surface area contributed by atoms with Gasteiger partial charge in [-0.05, 0) is 17.5 Å². The molecule has 0 aliphatic heterocycles. The van der Waals surface area contributed by atoms with Crippen molar-refractivity contribution in [1.82, 2.24) is 19.7 Å². The molecule has 0 amide bonds. The van der Waals surface area contributed by atoms with E-state index < -0.39 is 0 Å². The molecular formula is C13H17ClN4O3. The number of hydrogen-bond acceptors (Lipinski definition) is 6. The predicted octanol–water partition coefficient (Wildman–Crippen LogP) is 2.08. The Hall–Kier alpha value is -1.89. The maximum Gasteiger partial charge on any atom is 0.307 e. The zero-order valence-electron chi connectivity index (χ0n) is 12.2. The number of methoxy groups -OCH3 is 1. The monoisotopic (exact) mass is 312 g/mol. The quantitative estimate of drug-likeness (QED) is 0.600. The Morgan fingerprint density at radius 2 is 2.19 bits per heavy atom. The zero-order chi connectivity index (χ0) is 15.4. The van der Waals surface area contributed by atoms with E-state index >= 15 is 0 Å². The number of aromatic nitrogens is 4. The Bertz CT molecular complexity index is 642. The van der Waals surface area contributed by atoms with Crippen LogP contribution >= 0.6 is 11.6 Å². The highest BCUT2D eigenvalue weighted by Gasteiger charge is 2.14. The van der Waals surface area contributed by atoms with Gasteiger partial charge in [-0.15, -0.1) is 0 Å². The van der Waals surface area contributed by atoms with Crippen LogP contribution in [0.2, 0.25) is 5.28 Å². The van der Waals surface area contributed by atoms with Crippen LogP contribution in [0.4, 0.5) is 0 Å². The lowest BCUT2D eigenvalue weighted by Crippen LogP contribution is -2.13. The van der Waals surface area contributed by atoms with Crippen LogP contribution < -0.4 is 4.74 Å². The lowest BCUT2D eigenvalue weighted by atomic mass is 10.2. The Morgan fingerprint density at radius 1 is 1.43 bits per heavy atom. The maximum atomic E-state index is 11.6. The number of carbonyl (C=O) groups excluding carboxylic acids is 1. The SMILES string of the molecule is COc1nc(Cl)nc2cnn(CCC(=O)OCC(C)C)c12. The van der Waals surface area contributed by atoms with Gasteiger partial charge >= 0.3 is 5.97 Å². The van der Waals surface area contributed by atoms with E-state index in [1.807, 2.05) is 13.8 Å². The average Bonchev–Trinajstić information content (AvgIpc) is 2.84. The Balaban J connectivity index is 2.11. The van der Waals surface area contributed by atoms with Crippen molar-refractivity contribution in [3.05, 3.63) is 11.5 Å². The molecule has 114 valence electrons. The first-order valence-electron chi connectivity index (χ1n) is 6.60. The van der Waals surface area contributed by atoms with Gasteiger partial charge in [-0.3, -0.25) is 9.48 Å². The molecule has 8 heteroatoms. The van der Waals surface area contributed by atoms with Crippen molar-refractivity contribution in [3.63, 3.8) is 0 Å². The molecule has 2 aromatic heterocycles. The molecule has 0 radical (unpaired) electrons. The highest BCUT2D eigenvalue weighted by molar-refractivity contribution is 6.28. The van der Waals surface area contributed by atoms with Crippen LogP contribution in [0.25, 0.3) is 11.0 Å². The average molecular weight is 313 g/mol. The first-order valence-corrected chi connectivity index (χ1v) is 6.97. The van der Waals surface area contributed by atoms with E-state index in [9.17, 15) is 4.79 Å². The zero-order valence-corrected chi connectivity index (χ0v) is 12.9. The molecule has 21 heavy (non-hydrogen) atoms. The minimum Gasteiger partial charge on any atom is -0.479 e. The highest BCUT2D eigenvalue weighted by Crippen LogP contribution is 2.23. The largest absolute Gasteiger partial charge is 0.479 e. The summed E-state index contributed by atoms with van der Waals surface area (Å²) in [4.78, 5) is 19.7. The molecule has 7 nitrogen and oxygen atoms in total. The fourth-order valence-electron chi connectivity index (χ4n) is 1.78. The summed E-state index contributed by atoms with van der Waals surface area (Å²) in [5.74, 6) is 0.384. The summed E-state index contributed by atoms with van der Waals surface area (Å²) in [6, 6.07) is 0. The molecule has 0 saturated heterocycles. The van der Waals surface area contributed by atoms with Crippen LogP contribution in [0.1, 0.15) is 20.3 Å². The van der Waals surface area contributed by atoms with Crippen molar-refractivity contribution in [2.75, 3.05) is 13.7 Å². The van der Waals surface area contributed by atoms with Crippen molar-refractivity contribution in [2.45, 2.75) is 26.8 Å². The number of halogens is 1. The van der Waals surface area contributed by atoms with Gasteiger partial charge in [0.05, 0.1) is 32.9 Å². The van der Waals surface area contributed by atoms with Gasteiger partial charge in [-0.2, -0.15) is 10.1 Å². The van der Waals surface area contributed by atoms with Crippen molar-refractivity contribution in [2.24, 2.45) is 5.92 Å². The van der Waals surface area contributed by atoms with E-state index in [-0.39, 0.29) is 17.7 Å². The van der Waals surface area contributed by atoms with Crippen LogP contribution in [0.5, 0.6) is 5.88 Å². The van der Waals surface area contributed by atoms with Gasteiger partial charge in [0.1, 0.15) is 11.0 Å². The number of rotatable bonds is 6.